The van der Waals surface area contributed by atoms with Crippen molar-refractivity contribution in [3.05, 3.63) is 48.0 Å². The molecule has 6 nitrogen and oxygen atoms in total. The van der Waals surface area contributed by atoms with Gasteiger partial charge in [0, 0.05) is 5.39 Å². The van der Waals surface area contributed by atoms with Crippen molar-refractivity contribution in [2.24, 2.45) is 5.73 Å². The highest BCUT2D eigenvalue weighted by molar-refractivity contribution is 5.93. The van der Waals surface area contributed by atoms with Crippen LogP contribution in [0.2, 0.25) is 0 Å². The molecule has 0 fully saturated rings. The quantitative estimate of drug-likeness (QED) is 0.539. The number of benzene rings is 2. The maximum absolute atomic E-state index is 11.0. The van der Waals surface area contributed by atoms with Crippen molar-refractivity contribution < 1.29 is 4.79 Å². The number of aromatic nitrogens is 4. The van der Waals surface area contributed by atoms with Crippen LogP contribution in [0.5, 0.6) is 0 Å². The minimum absolute atomic E-state index is 0.217. The lowest BCUT2D eigenvalue weighted by Crippen LogP contribution is -2.13. The summed E-state index contributed by atoms with van der Waals surface area (Å²) in [6.07, 6.45) is 0.217. The van der Waals surface area contributed by atoms with Crippen LogP contribution in [-0.4, -0.2) is 26.1 Å². The normalized spacial score (nSPS) is 11.3. The standard InChI is InChI=1S/C16H13N5O/c17-14(22)8-9-5-6-10-13(7-9)20-21-15(10)16-18-11-3-1-2-4-12(11)19-16/h1-7H,8H2,(H2,17,22)(H,18,19)(H,20,21). The molecule has 4 N–H and O–H groups in total. The van der Waals surface area contributed by atoms with Gasteiger partial charge in [0.2, 0.25) is 5.91 Å². The average Bonchev–Trinajstić information content (AvgIpc) is 3.09. The monoisotopic (exact) mass is 291 g/mol. The molecule has 2 heterocycles. The first-order valence-corrected chi connectivity index (χ1v) is 6.91. The first-order chi connectivity index (χ1) is 10.7. The fraction of sp³-hybridized carbons (Fsp3) is 0.0625. The summed E-state index contributed by atoms with van der Waals surface area (Å²) in [6.45, 7) is 0. The molecule has 0 atom stereocenters. The van der Waals surface area contributed by atoms with Crippen molar-refractivity contribution in [2.45, 2.75) is 6.42 Å². The molecule has 0 saturated heterocycles. The summed E-state index contributed by atoms with van der Waals surface area (Å²) in [5, 5.41) is 8.28. The summed E-state index contributed by atoms with van der Waals surface area (Å²) in [5.41, 5.74) is 9.58. The number of nitrogens with two attached hydrogens (primary N) is 1. The van der Waals surface area contributed by atoms with Gasteiger partial charge in [0.05, 0.1) is 23.0 Å². The number of nitrogens with one attached hydrogen (secondary N) is 2. The Morgan fingerprint density at radius 1 is 1.14 bits per heavy atom. The fourth-order valence-electron chi connectivity index (χ4n) is 2.62. The molecular weight excluding hydrogens is 278 g/mol. The molecule has 0 spiro atoms. The number of hydrogen-bond acceptors (Lipinski definition) is 3. The van der Waals surface area contributed by atoms with Crippen LogP contribution in [0.4, 0.5) is 0 Å². The van der Waals surface area contributed by atoms with Crippen molar-refractivity contribution in [2.75, 3.05) is 0 Å². The van der Waals surface area contributed by atoms with Gasteiger partial charge >= 0.3 is 0 Å². The van der Waals surface area contributed by atoms with Gasteiger partial charge in [-0.15, -0.1) is 0 Å². The number of carbonyl (C=O) groups is 1. The Morgan fingerprint density at radius 2 is 2.00 bits per heavy atom. The third-order valence-corrected chi connectivity index (χ3v) is 3.62. The van der Waals surface area contributed by atoms with E-state index in [1.54, 1.807) is 0 Å². The van der Waals surface area contributed by atoms with Crippen LogP contribution in [0.1, 0.15) is 5.56 Å². The van der Waals surface area contributed by atoms with E-state index < -0.39 is 0 Å². The maximum atomic E-state index is 11.0. The van der Waals surface area contributed by atoms with Crippen molar-refractivity contribution in [1.82, 2.24) is 20.2 Å². The van der Waals surface area contributed by atoms with E-state index in [1.807, 2.05) is 42.5 Å². The van der Waals surface area contributed by atoms with Gasteiger partial charge in [-0.3, -0.25) is 9.89 Å². The number of aromatic amines is 2. The number of primary amides is 1. The highest BCUT2D eigenvalue weighted by atomic mass is 16.1. The van der Waals surface area contributed by atoms with E-state index in [0.717, 1.165) is 39.0 Å². The van der Waals surface area contributed by atoms with Gasteiger partial charge in [0.1, 0.15) is 5.69 Å². The summed E-state index contributed by atoms with van der Waals surface area (Å²) in [4.78, 5) is 18.8. The third kappa shape index (κ3) is 2.01. The van der Waals surface area contributed by atoms with Crippen LogP contribution in [-0.2, 0) is 11.2 Å². The molecule has 0 bridgehead atoms. The zero-order valence-electron chi connectivity index (χ0n) is 11.6. The lowest BCUT2D eigenvalue weighted by molar-refractivity contribution is -0.117. The average molecular weight is 291 g/mol. The Balaban J connectivity index is 1.83. The first-order valence-electron chi connectivity index (χ1n) is 6.91. The van der Waals surface area contributed by atoms with Crippen LogP contribution >= 0.6 is 0 Å². The van der Waals surface area contributed by atoms with Crippen molar-refractivity contribution in [3.8, 4) is 11.5 Å². The van der Waals surface area contributed by atoms with E-state index in [0.29, 0.717) is 0 Å². The predicted molar refractivity (Wildman–Crippen MR) is 84.1 cm³/mol. The van der Waals surface area contributed by atoms with Gasteiger partial charge in [0.15, 0.2) is 5.82 Å². The molecule has 0 aliphatic rings. The number of hydrogen-bond donors (Lipinski definition) is 3. The van der Waals surface area contributed by atoms with Crippen molar-refractivity contribution in [3.63, 3.8) is 0 Å². The highest BCUT2D eigenvalue weighted by Gasteiger charge is 2.13. The Morgan fingerprint density at radius 3 is 2.82 bits per heavy atom. The minimum Gasteiger partial charge on any atom is -0.369 e. The molecule has 0 unspecified atom stereocenters. The van der Waals surface area contributed by atoms with Crippen LogP contribution in [0.15, 0.2) is 42.5 Å². The number of carbonyl (C=O) groups excluding carboxylic acids is 1. The van der Waals surface area contributed by atoms with Crippen LogP contribution < -0.4 is 5.73 Å². The van der Waals surface area contributed by atoms with E-state index in [-0.39, 0.29) is 12.3 Å². The summed E-state index contributed by atoms with van der Waals surface area (Å²) >= 11 is 0. The number of para-hydroxylation sites is 2. The van der Waals surface area contributed by atoms with Gasteiger partial charge in [-0.1, -0.05) is 24.3 Å². The number of fused-ring (bicyclic) bond motifs is 2. The zero-order chi connectivity index (χ0) is 15.1. The van der Waals surface area contributed by atoms with E-state index >= 15 is 0 Å². The smallest absolute Gasteiger partial charge is 0.221 e. The third-order valence-electron chi connectivity index (χ3n) is 3.62. The SMILES string of the molecule is NC(=O)Cc1ccc2c(-c3nc4ccccc4[nH]3)n[nH]c2c1. The Labute approximate surface area is 125 Å². The second-order valence-electron chi connectivity index (χ2n) is 5.20. The molecule has 4 aromatic rings. The Bertz CT molecular complexity index is 965. The maximum Gasteiger partial charge on any atom is 0.221 e. The van der Waals surface area contributed by atoms with Gasteiger partial charge < -0.3 is 10.7 Å². The van der Waals surface area contributed by atoms with Gasteiger partial charge in [0.25, 0.3) is 0 Å². The molecule has 1 amide bonds. The molecule has 0 aliphatic heterocycles. The molecule has 22 heavy (non-hydrogen) atoms. The number of imidazole rings is 1. The largest absolute Gasteiger partial charge is 0.369 e. The second-order valence-corrected chi connectivity index (χ2v) is 5.20. The predicted octanol–water partition coefficient (Wildman–Crippen LogP) is 2.13. The molecule has 108 valence electrons. The zero-order valence-corrected chi connectivity index (χ0v) is 11.6. The molecule has 0 radical (unpaired) electrons. The van der Waals surface area contributed by atoms with Crippen LogP contribution in [0.3, 0.4) is 0 Å². The number of amides is 1. The second kappa shape index (κ2) is 4.70. The lowest BCUT2D eigenvalue weighted by atomic mass is 10.1. The highest BCUT2D eigenvalue weighted by Crippen LogP contribution is 2.26. The van der Waals surface area contributed by atoms with Crippen LogP contribution in [0.25, 0.3) is 33.5 Å². The minimum atomic E-state index is -0.351. The molecular formula is C16H13N5O. The summed E-state index contributed by atoms with van der Waals surface area (Å²) in [7, 11) is 0. The van der Waals surface area contributed by atoms with E-state index in [2.05, 4.69) is 20.2 Å². The first kappa shape index (κ1) is 12.6. The van der Waals surface area contributed by atoms with E-state index in [1.165, 1.54) is 0 Å². The number of rotatable bonds is 3. The Hall–Kier alpha value is -3.15. The molecule has 4 rings (SSSR count). The summed E-state index contributed by atoms with van der Waals surface area (Å²) in [6, 6.07) is 13.5. The summed E-state index contributed by atoms with van der Waals surface area (Å²) in [5.74, 6) is 0.367. The molecule has 0 saturated carbocycles. The van der Waals surface area contributed by atoms with Crippen molar-refractivity contribution in [1.29, 1.82) is 0 Å². The Kier molecular flexibility index (Phi) is 2.69. The molecule has 2 aromatic heterocycles. The van der Waals surface area contributed by atoms with Crippen LogP contribution in [0, 0.1) is 0 Å². The summed E-state index contributed by atoms with van der Waals surface area (Å²) < 4.78 is 0. The van der Waals surface area contributed by atoms with Gasteiger partial charge in [-0.2, -0.15) is 5.10 Å². The molecule has 0 aliphatic carbocycles. The van der Waals surface area contributed by atoms with E-state index in [9.17, 15) is 4.79 Å². The molecule has 2 aromatic carbocycles. The number of H-pyrrole nitrogens is 2. The topological polar surface area (TPSA) is 100 Å². The molecule has 6 heteroatoms. The number of nitrogens with zero attached hydrogens (tertiary/aromatic N) is 2. The van der Waals surface area contributed by atoms with E-state index in [4.69, 9.17) is 5.73 Å². The van der Waals surface area contributed by atoms with Gasteiger partial charge in [-0.05, 0) is 23.8 Å². The van der Waals surface area contributed by atoms with Gasteiger partial charge in [-0.25, -0.2) is 4.98 Å². The lowest BCUT2D eigenvalue weighted by Gasteiger charge is -1.98. The van der Waals surface area contributed by atoms with Crippen molar-refractivity contribution >= 4 is 27.8 Å². The fourth-order valence-corrected chi connectivity index (χ4v) is 2.62.